The lowest BCUT2D eigenvalue weighted by atomic mass is 10.1. The van der Waals surface area contributed by atoms with Crippen molar-refractivity contribution in [3.8, 4) is 17.0 Å². The maximum Gasteiger partial charge on any atom is 0.322 e. The monoisotopic (exact) mass is 457 g/mol. The summed E-state index contributed by atoms with van der Waals surface area (Å²) in [5.74, 6) is 1.53. The molecule has 1 aromatic heterocycles. The molecule has 1 N–H and O–H groups in total. The highest BCUT2D eigenvalue weighted by molar-refractivity contribution is 6.36. The Morgan fingerprint density at radius 3 is 2.45 bits per heavy atom. The van der Waals surface area contributed by atoms with Crippen molar-refractivity contribution in [1.29, 1.82) is 0 Å². The molecule has 7 nitrogen and oxygen atoms in total. The second kappa shape index (κ2) is 9.41. The average molecular weight is 458 g/mol. The van der Waals surface area contributed by atoms with Gasteiger partial charge in [0.2, 0.25) is 0 Å². The molecular weight excluding hydrogens is 437 g/mol. The largest absolute Gasteiger partial charge is 0.496 e. The van der Waals surface area contributed by atoms with Gasteiger partial charge in [-0.25, -0.2) is 4.79 Å². The minimum atomic E-state index is -0.193. The number of aromatic nitrogens is 2. The number of hydrogen-bond acceptors (Lipinski definition) is 5. The lowest BCUT2D eigenvalue weighted by Crippen LogP contribution is -2.50. The zero-order valence-electron chi connectivity index (χ0n) is 16.9. The standard InChI is InChI=1S/C22H21Cl2N5O2/c1-31-20-5-3-2-4-16(20)18-8-9-21(27-26-18)28-10-12-29(13-11-28)22(30)25-19-7-6-15(23)14-17(19)24/h2-9,14H,10-13H2,1H3,(H,25,30). The molecule has 0 saturated carbocycles. The molecule has 2 aromatic carbocycles. The van der Waals surface area contributed by atoms with Crippen LogP contribution in [0.3, 0.4) is 0 Å². The summed E-state index contributed by atoms with van der Waals surface area (Å²) in [5, 5.41) is 12.5. The molecule has 3 aromatic rings. The Bertz CT molecular complexity index is 1070. The number of carbonyl (C=O) groups excluding carboxylic acids is 1. The van der Waals surface area contributed by atoms with E-state index in [-0.39, 0.29) is 6.03 Å². The number of ether oxygens (including phenoxy) is 1. The fourth-order valence-electron chi connectivity index (χ4n) is 3.42. The Kier molecular flexibility index (Phi) is 6.44. The maximum atomic E-state index is 12.6. The lowest BCUT2D eigenvalue weighted by Gasteiger charge is -2.35. The number of methoxy groups -OCH3 is 1. The van der Waals surface area contributed by atoms with Crippen molar-refractivity contribution in [3.63, 3.8) is 0 Å². The summed E-state index contributed by atoms with van der Waals surface area (Å²) >= 11 is 12.0. The molecule has 2 heterocycles. The van der Waals surface area contributed by atoms with Gasteiger partial charge in [-0.2, -0.15) is 0 Å². The fourth-order valence-corrected chi connectivity index (χ4v) is 3.87. The first-order chi connectivity index (χ1) is 15.0. The molecule has 160 valence electrons. The first-order valence-electron chi connectivity index (χ1n) is 9.78. The van der Waals surface area contributed by atoms with Gasteiger partial charge in [-0.1, -0.05) is 35.3 Å². The molecule has 0 unspecified atom stereocenters. The van der Waals surface area contributed by atoms with E-state index in [4.69, 9.17) is 27.9 Å². The first-order valence-corrected chi connectivity index (χ1v) is 10.5. The van der Waals surface area contributed by atoms with E-state index in [1.165, 1.54) is 0 Å². The highest BCUT2D eigenvalue weighted by atomic mass is 35.5. The van der Waals surface area contributed by atoms with Crippen LogP contribution in [0.2, 0.25) is 10.0 Å². The van der Waals surface area contributed by atoms with E-state index < -0.39 is 0 Å². The van der Waals surface area contributed by atoms with Crippen LogP contribution in [-0.2, 0) is 0 Å². The number of para-hydroxylation sites is 1. The number of nitrogens with one attached hydrogen (secondary N) is 1. The number of amides is 2. The van der Waals surface area contributed by atoms with E-state index in [2.05, 4.69) is 20.4 Å². The van der Waals surface area contributed by atoms with Gasteiger partial charge in [0.25, 0.3) is 0 Å². The van der Waals surface area contributed by atoms with Gasteiger partial charge in [-0.15, -0.1) is 10.2 Å². The highest BCUT2D eigenvalue weighted by Gasteiger charge is 2.23. The van der Waals surface area contributed by atoms with Crippen LogP contribution in [0.4, 0.5) is 16.3 Å². The number of rotatable bonds is 4. The smallest absolute Gasteiger partial charge is 0.322 e. The summed E-state index contributed by atoms with van der Waals surface area (Å²) < 4.78 is 5.40. The number of nitrogens with zero attached hydrogens (tertiary/aromatic N) is 4. The molecule has 4 rings (SSSR count). The molecule has 9 heteroatoms. The summed E-state index contributed by atoms with van der Waals surface area (Å²) in [6.07, 6.45) is 0. The van der Waals surface area contributed by atoms with E-state index in [0.29, 0.717) is 41.9 Å². The molecule has 1 aliphatic heterocycles. The van der Waals surface area contributed by atoms with Gasteiger partial charge < -0.3 is 19.9 Å². The van der Waals surface area contributed by atoms with Crippen molar-refractivity contribution in [2.24, 2.45) is 0 Å². The third-order valence-corrected chi connectivity index (χ3v) is 5.64. The zero-order chi connectivity index (χ0) is 21.8. The Labute approximate surface area is 190 Å². The summed E-state index contributed by atoms with van der Waals surface area (Å²) in [4.78, 5) is 16.4. The van der Waals surface area contributed by atoms with Crippen molar-refractivity contribution in [2.75, 3.05) is 43.5 Å². The number of urea groups is 1. The predicted octanol–water partition coefficient (Wildman–Crippen LogP) is 4.81. The quantitative estimate of drug-likeness (QED) is 0.608. The summed E-state index contributed by atoms with van der Waals surface area (Å²) in [5.41, 5.74) is 2.18. The van der Waals surface area contributed by atoms with Crippen LogP contribution in [0.25, 0.3) is 11.3 Å². The number of piperazine rings is 1. The molecule has 1 saturated heterocycles. The van der Waals surface area contributed by atoms with Gasteiger partial charge in [0, 0.05) is 36.8 Å². The molecule has 0 atom stereocenters. The number of hydrogen-bond donors (Lipinski definition) is 1. The van der Waals surface area contributed by atoms with E-state index in [0.717, 1.165) is 22.8 Å². The Morgan fingerprint density at radius 2 is 1.77 bits per heavy atom. The number of anilines is 2. The minimum absolute atomic E-state index is 0.193. The summed E-state index contributed by atoms with van der Waals surface area (Å²) in [6, 6.07) is 16.4. The van der Waals surface area contributed by atoms with Crippen molar-refractivity contribution in [2.45, 2.75) is 0 Å². The molecule has 2 amide bonds. The van der Waals surface area contributed by atoms with Crippen molar-refractivity contribution in [1.82, 2.24) is 15.1 Å². The highest BCUT2D eigenvalue weighted by Crippen LogP contribution is 2.29. The number of carbonyl (C=O) groups is 1. The van der Waals surface area contributed by atoms with Crippen molar-refractivity contribution >= 4 is 40.7 Å². The SMILES string of the molecule is COc1ccccc1-c1ccc(N2CCN(C(=O)Nc3ccc(Cl)cc3Cl)CC2)nn1. The molecule has 1 aliphatic rings. The van der Waals surface area contributed by atoms with E-state index in [9.17, 15) is 4.79 Å². The van der Waals surface area contributed by atoms with E-state index >= 15 is 0 Å². The van der Waals surface area contributed by atoms with E-state index in [1.807, 2.05) is 36.4 Å². The van der Waals surface area contributed by atoms with Crippen LogP contribution in [0.1, 0.15) is 0 Å². The second-order valence-electron chi connectivity index (χ2n) is 7.01. The van der Waals surface area contributed by atoms with Gasteiger partial charge in [0.15, 0.2) is 5.82 Å². The lowest BCUT2D eigenvalue weighted by molar-refractivity contribution is 0.208. The summed E-state index contributed by atoms with van der Waals surface area (Å²) in [7, 11) is 1.64. The molecule has 0 radical (unpaired) electrons. The van der Waals surface area contributed by atoms with Gasteiger partial charge in [0.1, 0.15) is 5.75 Å². The first kappa shape index (κ1) is 21.2. The Morgan fingerprint density at radius 1 is 1.00 bits per heavy atom. The van der Waals surface area contributed by atoms with Crippen LogP contribution in [0.5, 0.6) is 5.75 Å². The zero-order valence-corrected chi connectivity index (χ0v) is 18.4. The molecular formula is C22H21Cl2N5O2. The average Bonchev–Trinajstić information content (AvgIpc) is 2.81. The molecule has 1 fully saturated rings. The van der Waals surface area contributed by atoms with Gasteiger partial charge in [-0.05, 0) is 42.5 Å². The van der Waals surface area contributed by atoms with Crippen LogP contribution in [0.15, 0.2) is 54.6 Å². The fraction of sp³-hybridized carbons (Fsp3) is 0.227. The van der Waals surface area contributed by atoms with Gasteiger partial charge >= 0.3 is 6.03 Å². The molecule has 31 heavy (non-hydrogen) atoms. The normalized spacial score (nSPS) is 13.8. The topological polar surface area (TPSA) is 70.6 Å². The van der Waals surface area contributed by atoms with Crippen LogP contribution >= 0.6 is 23.2 Å². The Balaban J connectivity index is 1.37. The summed E-state index contributed by atoms with van der Waals surface area (Å²) in [6.45, 7) is 2.44. The van der Waals surface area contributed by atoms with Gasteiger partial charge in [0.05, 0.1) is 23.5 Å². The van der Waals surface area contributed by atoms with E-state index in [1.54, 1.807) is 30.2 Å². The van der Waals surface area contributed by atoms with Crippen LogP contribution < -0.4 is 15.0 Å². The molecule has 0 bridgehead atoms. The third kappa shape index (κ3) is 4.84. The molecule has 0 spiro atoms. The number of halogens is 2. The van der Waals surface area contributed by atoms with Crippen LogP contribution in [0, 0.1) is 0 Å². The van der Waals surface area contributed by atoms with Crippen molar-refractivity contribution < 1.29 is 9.53 Å². The minimum Gasteiger partial charge on any atom is -0.496 e. The third-order valence-electron chi connectivity index (χ3n) is 5.10. The maximum absolute atomic E-state index is 12.6. The van der Waals surface area contributed by atoms with Gasteiger partial charge in [-0.3, -0.25) is 0 Å². The van der Waals surface area contributed by atoms with Crippen LogP contribution in [-0.4, -0.2) is 54.4 Å². The molecule has 0 aliphatic carbocycles. The number of benzene rings is 2. The Hall–Kier alpha value is -3.03. The second-order valence-corrected chi connectivity index (χ2v) is 7.85. The van der Waals surface area contributed by atoms with Crippen molar-refractivity contribution in [3.05, 3.63) is 64.6 Å². The predicted molar refractivity (Wildman–Crippen MR) is 123 cm³/mol.